The Morgan fingerprint density at radius 2 is 1.69 bits per heavy atom. The van der Waals surface area contributed by atoms with Crippen molar-refractivity contribution in [1.82, 2.24) is 24.5 Å². The number of hydrogen-bond donors (Lipinski definition) is 3. The molecule has 1 amide bonds. The van der Waals surface area contributed by atoms with Crippen LogP contribution in [-0.4, -0.2) is 30.4 Å². The Morgan fingerprint density at radius 3 is 2.36 bits per heavy atom. The van der Waals surface area contributed by atoms with Gasteiger partial charge in [-0.2, -0.15) is 23.1 Å². The summed E-state index contributed by atoms with van der Waals surface area (Å²) in [4.78, 5) is 29.2. The van der Waals surface area contributed by atoms with Crippen LogP contribution in [0.2, 0.25) is 0 Å². The molecule has 0 spiro atoms. The van der Waals surface area contributed by atoms with Gasteiger partial charge in [0.25, 0.3) is 0 Å². The summed E-state index contributed by atoms with van der Waals surface area (Å²) in [5.74, 6) is 0.598. The first-order valence-electron chi connectivity index (χ1n) is 11.9. The van der Waals surface area contributed by atoms with E-state index in [-0.39, 0.29) is 12.5 Å². The highest BCUT2D eigenvalue weighted by molar-refractivity contribution is 5.89. The monoisotopic (exact) mass is 532 g/mol. The van der Waals surface area contributed by atoms with Crippen LogP contribution in [0.5, 0.6) is 0 Å². The average molecular weight is 533 g/mol. The Labute approximate surface area is 221 Å². The Morgan fingerprint density at radius 1 is 0.949 bits per heavy atom. The van der Waals surface area contributed by atoms with Crippen molar-refractivity contribution < 1.29 is 18.0 Å². The van der Waals surface area contributed by atoms with Crippen molar-refractivity contribution in [2.75, 3.05) is 16.0 Å². The summed E-state index contributed by atoms with van der Waals surface area (Å²) < 4.78 is 40.7. The number of hydrogen-bond acceptors (Lipinski definition) is 7. The van der Waals surface area contributed by atoms with Crippen LogP contribution in [0.3, 0.4) is 0 Å². The van der Waals surface area contributed by atoms with E-state index in [4.69, 9.17) is 0 Å². The predicted octanol–water partition coefficient (Wildman–Crippen LogP) is 5.60. The summed E-state index contributed by atoms with van der Waals surface area (Å²) in [5, 5.41) is 9.17. The maximum absolute atomic E-state index is 13.0. The molecule has 0 aliphatic heterocycles. The van der Waals surface area contributed by atoms with Gasteiger partial charge in [0.2, 0.25) is 11.9 Å². The summed E-state index contributed by atoms with van der Waals surface area (Å²) in [6, 6.07) is 15.8. The summed E-state index contributed by atoms with van der Waals surface area (Å²) in [6.45, 7) is 2.13. The van der Waals surface area contributed by atoms with Crippen molar-refractivity contribution >= 4 is 40.2 Å². The third-order valence-electron chi connectivity index (χ3n) is 5.74. The minimum absolute atomic E-state index is 0.170. The van der Waals surface area contributed by atoms with Crippen LogP contribution >= 0.6 is 0 Å². The van der Waals surface area contributed by atoms with Crippen LogP contribution in [0.4, 0.5) is 36.3 Å². The fourth-order valence-electron chi connectivity index (χ4n) is 3.88. The molecule has 198 valence electrons. The molecule has 0 aliphatic carbocycles. The first-order valence-corrected chi connectivity index (χ1v) is 11.9. The molecule has 5 aromatic rings. The van der Waals surface area contributed by atoms with Crippen molar-refractivity contribution in [2.45, 2.75) is 26.2 Å². The number of amides is 1. The second-order valence-electron chi connectivity index (χ2n) is 8.73. The first kappa shape index (κ1) is 25.6. The van der Waals surface area contributed by atoms with Gasteiger partial charge in [0.1, 0.15) is 0 Å². The minimum Gasteiger partial charge on any atom is -0.350 e. The van der Waals surface area contributed by atoms with Gasteiger partial charge in [0.15, 0.2) is 17.0 Å². The van der Waals surface area contributed by atoms with Crippen LogP contribution in [-0.2, 0) is 24.1 Å². The Balaban J connectivity index is 1.46. The number of rotatable bonds is 8. The molecule has 0 bridgehead atoms. The predicted molar refractivity (Wildman–Crippen MR) is 141 cm³/mol. The van der Waals surface area contributed by atoms with Gasteiger partial charge in [-0.15, -0.1) is 0 Å². The van der Waals surface area contributed by atoms with Crippen molar-refractivity contribution in [2.24, 2.45) is 0 Å². The third kappa shape index (κ3) is 6.29. The van der Waals surface area contributed by atoms with Gasteiger partial charge in [-0.25, -0.2) is 4.98 Å². The van der Waals surface area contributed by atoms with Crippen molar-refractivity contribution in [1.29, 1.82) is 0 Å². The number of halogens is 3. The molecule has 0 fully saturated rings. The van der Waals surface area contributed by atoms with Crippen LogP contribution < -0.4 is 16.0 Å². The van der Waals surface area contributed by atoms with Crippen molar-refractivity contribution in [3.8, 4) is 0 Å². The summed E-state index contributed by atoms with van der Waals surface area (Å²) >= 11 is 0. The Kier molecular flexibility index (Phi) is 7.08. The lowest BCUT2D eigenvalue weighted by atomic mass is 10.1. The molecule has 0 saturated carbocycles. The zero-order valence-electron chi connectivity index (χ0n) is 20.7. The standard InChI is InChI=1S/C27H23F3N8O/c1-17(39)34-21-8-10-22(11-9-21)35-24-23-25(37-26(36-24)32-14-19-3-2-12-31-13-19)38(16-33-23)15-18-4-6-20(7-5-18)27(28,29)30/h2-13,16H,14-15H2,1H3,(H,34,39)(H2,32,35,36,37). The summed E-state index contributed by atoms with van der Waals surface area (Å²) in [6.07, 6.45) is 0.595. The lowest BCUT2D eigenvalue weighted by Gasteiger charge is -2.12. The van der Waals surface area contributed by atoms with E-state index in [1.807, 2.05) is 12.1 Å². The number of benzene rings is 2. The molecule has 0 unspecified atom stereocenters. The second-order valence-corrected chi connectivity index (χ2v) is 8.73. The summed E-state index contributed by atoms with van der Waals surface area (Å²) in [5.41, 5.74) is 3.23. The molecule has 12 heteroatoms. The van der Waals surface area contributed by atoms with E-state index in [0.717, 1.165) is 17.7 Å². The molecule has 9 nitrogen and oxygen atoms in total. The number of carbonyl (C=O) groups excluding carboxylic acids is 1. The molecule has 0 aliphatic rings. The zero-order valence-corrected chi connectivity index (χ0v) is 20.7. The van der Waals surface area contributed by atoms with E-state index in [2.05, 4.69) is 35.9 Å². The number of anilines is 4. The number of nitrogens with zero attached hydrogens (tertiary/aromatic N) is 5. The molecule has 39 heavy (non-hydrogen) atoms. The molecular weight excluding hydrogens is 509 g/mol. The number of alkyl halides is 3. The number of carbonyl (C=O) groups is 1. The van der Waals surface area contributed by atoms with E-state index < -0.39 is 11.7 Å². The summed E-state index contributed by atoms with van der Waals surface area (Å²) in [7, 11) is 0. The largest absolute Gasteiger partial charge is 0.416 e. The van der Waals surface area contributed by atoms with Gasteiger partial charge in [0, 0.05) is 37.2 Å². The Bertz CT molecular complexity index is 1580. The van der Waals surface area contributed by atoms with E-state index in [0.29, 0.717) is 46.4 Å². The first-order chi connectivity index (χ1) is 18.7. The fourth-order valence-corrected chi connectivity index (χ4v) is 3.88. The third-order valence-corrected chi connectivity index (χ3v) is 5.74. The number of fused-ring (bicyclic) bond motifs is 1. The number of pyridine rings is 1. The number of aromatic nitrogens is 5. The topological polar surface area (TPSA) is 110 Å². The molecule has 0 atom stereocenters. The molecule has 3 N–H and O–H groups in total. The highest BCUT2D eigenvalue weighted by Crippen LogP contribution is 2.30. The maximum Gasteiger partial charge on any atom is 0.416 e. The number of imidazole rings is 1. The van der Waals surface area contributed by atoms with E-state index >= 15 is 0 Å². The van der Waals surface area contributed by atoms with Gasteiger partial charge in [-0.1, -0.05) is 18.2 Å². The second kappa shape index (κ2) is 10.8. The van der Waals surface area contributed by atoms with Crippen LogP contribution in [0.15, 0.2) is 79.4 Å². The quantitative estimate of drug-likeness (QED) is 0.239. The van der Waals surface area contributed by atoms with E-state index in [1.54, 1.807) is 47.6 Å². The maximum atomic E-state index is 13.0. The van der Waals surface area contributed by atoms with Gasteiger partial charge in [0.05, 0.1) is 18.4 Å². The minimum atomic E-state index is -4.40. The smallest absolute Gasteiger partial charge is 0.350 e. The van der Waals surface area contributed by atoms with Crippen LogP contribution in [0, 0.1) is 0 Å². The molecule has 2 aromatic carbocycles. The highest BCUT2D eigenvalue weighted by atomic mass is 19.4. The Hall–Kier alpha value is -5.00. The molecule has 0 radical (unpaired) electrons. The SMILES string of the molecule is CC(=O)Nc1ccc(Nc2nc(NCc3cccnc3)nc3c2ncn3Cc2ccc(C(F)(F)F)cc2)cc1. The molecule has 0 saturated heterocycles. The van der Waals surface area contributed by atoms with Gasteiger partial charge in [-0.05, 0) is 53.6 Å². The van der Waals surface area contributed by atoms with E-state index in [1.165, 1.54) is 19.1 Å². The lowest BCUT2D eigenvalue weighted by Crippen LogP contribution is -2.08. The highest BCUT2D eigenvalue weighted by Gasteiger charge is 2.30. The molecule has 3 heterocycles. The van der Waals surface area contributed by atoms with Gasteiger partial charge >= 0.3 is 6.18 Å². The van der Waals surface area contributed by atoms with Crippen molar-refractivity contribution in [3.05, 3.63) is 96.1 Å². The zero-order chi connectivity index (χ0) is 27.4. The normalized spacial score (nSPS) is 11.4. The van der Waals surface area contributed by atoms with E-state index in [9.17, 15) is 18.0 Å². The van der Waals surface area contributed by atoms with Gasteiger partial charge in [-0.3, -0.25) is 9.78 Å². The molecular formula is C27H23F3N8O. The lowest BCUT2D eigenvalue weighted by molar-refractivity contribution is -0.137. The average Bonchev–Trinajstić information content (AvgIpc) is 3.31. The van der Waals surface area contributed by atoms with Crippen LogP contribution in [0.25, 0.3) is 11.2 Å². The fraction of sp³-hybridized carbons (Fsp3) is 0.148. The van der Waals surface area contributed by atoms with Crippen molar-refractivity contribution in [3.63, 3.8) is 0 Å². The molecule has 5 rings (SSSR count). The number of nitrogens with one attached hydrogen (secondary N) is 3. The van der Waals surface area contributed by atoms with Gasteiger partial charge < -0.3 is 20.5 Å². The molecule has 3 aromatic heterocycles. The van der Waals surface area contributed by atoms with Crippen LogP contribution in [0.1, 0.15) is 23.6 Å².